The van der Waals surface area contributed by atoms with Crippen LogP contribution in [0.5, 0.6) is 0 Å². The van der Waals surface area contributed by atoms with E-state index in [-0.39, 0.29) is 0 Å². The summed E-state index contributed by atoms with van der Waals surface area (Å²) >= 11 is 0. The van der Waals surface area contributed by atoms with Crippen molar-refractivity contribution < 1.29 is 10.0 Å². The number of hydrogen-bond donors (Lipinski definition) is 1. The summed E-state index contributed by atoms with van der Waals surface area (Å²) < 4.78 is 0. The summed E-state index contributed by atoms with van der Waals surface area (Å²) in [6.45, 7) is 1.68. The normalized spacial score (nSPS) is 11.2. The molecule has 0 saturated carbocycles. The number of Topliss-reactive ketones (excluding diaryl/α,β-unsaturated/α-hetero) is 1. The van der Waals surface area contributed by atoms with E-state index in [9.17, 15) is 4.79 Å². The van der Waals surface area contributed by atoms with Gasteiger partial charge in [-0.05, 0) is 26.2 Å². The van der Waals surface area contributed by atoms with Crippen molar-refractivity contribution in [3.05, 3.63) is 0 Å². The van der Waals surface area contributed by atoms with Crippen LogP contribution < -0.4 is 0 Å². The Bertz CT molecular complexity index is 227. The number of carbonyl (C=O) groups excluding carboxylic acids is 1. The second-order valence-electron chi connectivity index (χ2n) is 5.43. The number of unbranched alkanes of at least 4 members (excludes halogenated alkanes) is 11. The third kappa shape index (κ3) is 17.1. The molecule has 112 valence electrons. The van der Waals surface area contributed by atoms with Gasteiger partial charge in [-0.2, -0.15) is 0 Å². The van der Waals surface area contributed by atoms with E-state index in [1.165, 1.54) is 57.8 Å². The van der Waals surface area contributed by atoms with Crippen LogP contribution in [0.1, 0.15) is 90.4 Å². The zero-order valence-corrected chi connectivity index (χ0v) is 12.6. The van der Waals surface area contributed by atoms with E-state index in [0.717, 1.165) is 25.7 Å². The topological polar surface area (TPSA) is 49.7 Å². The molecule has 0 unspecified atom stereocenters. The highest BCUT2D eigenvalue weighted by Crippen LogP contribution is 2.12. The number of ketones is 1. The van der Waals surface area contributed by atoms with Gasteiger partial charge in [-0.25, -0.2) is 0 Å². The lowest BCUT2D eigenvalue weighted by atomic mass is 10.0. The standard InChI is InChI=1S/C16H31NO2/c1-16(18)14-12-10-8-6-4-2-3-5-7-9-11-13-15-17-19/h15,19H,2-14H2,1H3. The highest BCUT2D eigenvalue weighted by molar-refractivity contribution is 5.75. The molecule has 0 aliphatic heterocycles. The molecule has 3 nitrogen and oxygen atoms in total. The van der Waals surface area contributed by atoms with Crippen LogP contribution in [0.25, 0.3) is 0 Å². The molecule has 19 heavy (non-hydrogen) atoms. The lowest BCUT2D eigenvalue weighted by molar-refractivity contribution is -0.117. The Balaban J connectivity index is 2.97. The highest BCUT2D eigenvalue weighted by atomic mass is 16.4. The van der Waals surface area contributed by atoms with Gasteiger partial charge < -0.3 is 10.0 Å². The Morgan fingerprint density at radius 2 is 1.26 bits per heavy atom. The molecule has 0 heterocycles. The lowest BCUT2D eigenvalue weighted by Crippen LogP contribution is -1.89. The molecule has 0 saturated heterocycles. The predicted octanol–water partition coefficient (Wildman–Crippen LogP) is 5.11. The molecule has 0 aromatic heterocycles. The maximum absolute atomic E-state index is 10.7. The highest BCUT2D eigenvalue weighted by Gasteiger charge is 1.95. The summed E-state index contributed by atoms with van der Waals surface area (Å²) in [7, 11) is 0. The zero-order valence-electron chi connectivity index (χ0n) is 12.6. The molecule has 0 spiro atoms. The van der Waals surface area contributed by atoms with E-state index in [0.29, 0.717) is 5.78 Å². The Hall–Kier alpha value is -0.860. The molecule has 1 N–H and O–H groups in total. The van der Waals surface area contributed by atoms with Crippen molar-refractivity contribution in [1.29, 1.82) is 0 Å². The lowest BCUT2D eigenvalue weighted by Gasteiger charge is -2.02. The average molecular weight is 269 g/mol. The summed E-state index contributed by atoms with van der Waals surface area (Å²) in [5.74, 6) is 0.324. The molecule has 0 aromatic rings. The van der Waals surface area contributed by atoms with Crippen LogP contribution in [-0.4, -0.2) is 17.2 Å². The van der Waals surface area contributed by atoms with Gasteiger partial charge in [-0.1, -0.05) is 57.8 Å². The van der Waals surface area contributed by atoms with E-state index in [4.69, 9.17) is 5.21 Å². The van der Waals surface area contributed by atoms with Crippen LogP contribution in [0.2, 0.25) is 0 Å². The minimum atomic E-state index is 0.324. The molecular formula is C16H31NO2. The minimum absolute atomic E-state index is 0.324. The van der Waals surface area contributed by atoms with E-state index >= 15 is 0 Å². The SMILES string of the molecule is CC(=O)CCCCCCCCCCCCCC=NO. The average Bonchev–Trinajstić information content (AvgIpc) is 2.39. The summed E-state index contributed by atoms with van der Waals surface area (Å²) in [6.07, 6.45) is 17.2. The van der Waals surface area contributed by atoms with Gasteiger partial charge in [0.2, 0.25) is 0 Å². The van der Waals surface area contributed by atoms with Gasteiger partial charge in [-0.15, -0.1) is 5.16 Å². The first-order chi connectivity index (χ1) is 9.27. The van der Waals surface area contributed by atoms with E-state index in [1.54, 1.807) is 13.1 Å². The molecule has 3 heteroatoms. The van der Waals surface area contributed by atoms with E-state index < -0.39 is 0 Å². The minimum Gasteiger partial charge on any atom is -0.411 e. The molecule has 0 rings (SSSR count). The van der Waals surface area contributed by atoms with Crippen molar-refractivity contribution in [3.63, 3.8) is 0 Å². The monoisotopic (exact) mass is 269 g/mol. The second kappa shape index (κ2) is 15.2. The molecular weight excluding hydrogens is 238 g/mol. The Kier molecular flexibility index (Phi) is 14.5. The zero-order chi connectivity index (χ0) is 14.2. The van der Waals surface area contributed by atoms with Gasteiger partial charge in [0.05, 0.1) is 0 Å². The summed E-state index contributed by atoms with van der Waals surface area (Å²) in [4.78, 5) is 10.7. The summed E-state index contributed by atoms with van der Waals surface area (Å²) in [5.41, 5.74) is 0. The largest absolute Gasteiger partial charge is 0.411 e. The van der Waals surface area contributed by atoms with Crippen LogP contribution >= 0.6 is 0 Å². The Morgan fingerprint density at radius 1 is 0.842 bits per heavy atom. The molecule has 0 fully saturated rings. The molecule has 0 amide bonds. The quantitative estimate of drug-likeness (QED) is 0.206. The first-order valence-electron chi connectivity index (χ1n) is 7.92. The summed E-state index contributed by atoms with van der Waals surface area (Å²) in [6, 6.07) is 0. The van der Waals surface area contributed by atoms with Gasteiger partial charge in [0, 0.05) is 12.6 Å². The van der Waals surface area contributed by atoms with Crippen LogP contribution in [0.4, 0.5) is 0 Å². The fourth-order valence-corrected chi connectivity index (χ4v) is 2.26. The molecule has 0 atom stereocenters. The van der Waals surface area contributed by atoms with Crippen molar-refractivity contribution in [2.24, 2.45) is 5.16 Å². The van der Waals surface area contributed by atoms with Crippen molar-refractivity contribution in [3.8, 4) is 0 Å². The maximum Gasteiger partial charge on any atom is 0.129 e. The third-order valence-corrected chi connectivity index (χ3v) is 3.44. The molecule has 0 aliphatic carbocycles. The number of oxime groups is 1. The first-order valence-corrected chi connectivity index (χ1v) is 7.92. The van der Waals surface area contributed by atoms with Crippen molar-refractivity contribution in [2.45, 2.75) is 90.4 Å². The van der Waals surface area contributed by atoms with Crippen LogP contribution in [0.3, 0.4) is 0 Å². The number of hydrogen-bond acceptors (Lipinski definition) is 3. The third-order valence-electron chi connectivity index (χ3n) is 3.44. The van der Waals surface area contributed by atoms with E-state index in [2.05, 4.69) is 5.16 Å². The molecule has 0 aromatic carbocycles. The smallest absolute Gasteiger partial charge is 0.129 e. The van der Waals surface area contributed by atoms with Gasteiger partial charge in [0.15, 0.2) is 0 Å². The van der Waals surface area contributed by atoms with Gasteiger partial charge in [0.25, 0.3) is 0 Å². The fraction of sp³-hybridized carbons (Fsp3) is 0.875. The number of rotatable bonds is 14. The van der Waals surface area contributed by atoms with Crippen LogP contribution in [0.15, 0.2) is 5.16 Å². The number of carbonyl (C=O) groups is 1. The Morgan fingerprint density at radius 3 is 1.68 bits per heavy atom. The predicted molar refractivity (Wildman–Crippen MR) is 81.0 cm³/mol. The van der Waals surface area contributed by atoms with E-state index in [1.807, 2.05) is 0 Å². The van der Waals surface area contributed by atoms with Gasteiger partial charge in [-0.3, -0.25) is 0 Å². The molecule has 0 radical (unpaired) electrons. The van der Waals surface area contributed by atoms with Gasteiger partial charge >= 0.3 is 0 Å². The van der Waals surface area contributed by atoms with Crippen molar-refractivity contribution in [1.82, 2.24) is 0 Å². The first kappa shape index (κ1) is 18.1. The van der Waals surface area contributed by atoms with Gasteiger partial charge in [0.1, 0.15) is 5.78 Å². The van der Waals surface area contributed by atoms with Crippen LogP contribution in [0, 0.1) is 0 Å². The summed E-state index contributed by atoms with van der Waals surface area (Å²) in [5, 5.41) is 11.2. The fourth-order valence-electron chi connectivity index (χ4n) is 2.26. The van der Waals surface area contributed by atoms with Crippen LogP contribution in [-0.2, 0) is 4.79 Å². The Labute approximate surface area is 118 Å². The van der Waals surface area contributed by atoms with Crippen molar-refractivity contribution >= 4 is 12.0 Å². The van der Waals surface area contributed by atoms with Crippen molar-refractivity contribution in [2.75, 3.05) is 0 Å². The number of nitrogens with zero attached hydrogens (tertiary/aromatic N) is 1. The molecule has 0 aliphatic rings. The molecule has 0 bridgehead atoms. The second-order valence-corrected chi connectivity index (χ2v) is 5.43. The maximum atomic E-state index is 10.7.